The molecule has 3 aromatic rings. The summed E-state index contributed by atoms with van der Waals surface area (Å²) in [6.07, 6.45) is 9.30. The first-order chi connectivity index (χ1) is 12.4. The largest absolute Gasteiger partial charge is 0.218 e. The molecule has 0 amide bonds. The SMILES string of the molecule is CC.Cc1ccc(-c2ccccc2)cc1-c1ccc(S(C)(C)C)c[n+]1C. The van der Waals surface area contributed by atoms with Gasteiger partial charge in [-0.25, -0.2) is 10.0 Å². The van der Waals surface area contributed by atoms with Crippen LogP contribution in [-0.2, 0) is 7.05 Å². The molecule has 0 saturated carbocycles. The van der Waals surface area contributed by atoms with Crippen LogP contribution in [0.5, 0.6) is 0 Å². The number of hydrogen-bond donors (Lipinski definition) is 0. The molecule has 3 rings (SSSR count). The van der Waals surface area contributed by atoms with Crippen LogP contribution in [0, 0.1) is 6.92 Å². The Morgan fingerprint density at radius 3 is 2.00 bits per heavy atom. The third kappa shape index (κ3) is 4.56. The smallest absolute Gasteiger partial charge is 0.212 e. The van der Waals surface area contributed by atoms with Crippen LogP contribution in [0.25, 0.3) is 22.4 Å². The first kappa shape index (κ1) is 20.3. The van der Waals surface area contributed by atoms with Gasteiger partial charge in [0.2, 0.25) is 5.69 Å². The maximum absolute atomic E-state index is 2.34. The third-order valence-corrected chi connectivity index (χ3v) is 6.09. The zero-order valence-corrected chi connectivity index (χ0v) is 18.0. The van der Waals surface area contributed by atoms with E-state index < -0.39 is 10.0 Å². The molecule has 0 aliphatic heterocycles. The number of pyridine rings is 1. The topological polar surface area (TPSA) is 3.88 Å². The van der Waals surface area contributed by atoms with E-state index in [2.05, 4.69) is 104 Å². The standard InChI is InChI=1S/C22H26NS.C2H6/c1-17-11-12-19(18-9-7-6-8-10-18)15-21(17)22-14-13-20(16-23(22)2)24(3,4)5;1-2/h6-16H,1-5H3;1-2H3/q+1;. The van der Waals surface area contributed by atoms with Gasteiger partial charge >= 0.3 is 0 Å². The molecule has 0 aliphatic carbocycles. The molecule has 0 spiro atoms. The summed E-state index contributed by atoms with van der Waals surface area (Å²) in [5.41, 5.74) is 6.40. The van der Waals surface area contributed by atoms with Gasteiger partial charge in [-0.2, -0.15) is 4.57 Å². The van der Waals surface area contributed by atoms with Gasteiger partial charge in [0.1, 0.15) is 7.05 Å². The predicted octanol–water partition coefficient (Wildman–Crippen LogP) is 6.23. The average molecular weight is 367 g/mol. The van der Waals surface area contributed by atoms with Crippen molar-refractivity contribution in [3.63, 3.8) is 0 Å². The molecule has 138 valence electrons. The van der Waals surface area contributed by atoms with Crippen LogP contribution in [0.2, 0.25) is 0 Å². The Labute approximate surface area is 161 Å². The predicted molar refractivity (Wildman–Crippen MR) is 118 cm³/mol. The summed E-state index contributed by atoms with van der Waals surface area (Å²) in [4.78, 5) is 1.44. The van der Waals surface area contributed by atoms with E-state index in [1.165, 1.54) is 32.8 Å². The van der Waals surface area contributed by atoms with E-state index in [0.717, 1.165) is 0 Å². The second-order valence-corrected chi connectivity index (χ2v) is 11.2. The minimum absolute atomic E-state index is 0.706. The van der Waals surface area contributed by atoms with Crippen LogP contribution in [0.3, 0.4) is 0 Å². The van der Waals surface area contributed by atoms with Gasteiger partial charge in [-0.3, -0.25) is 0 Å². The highest BCUT2D eigenvalue weighted by Gasteiger charge is 2.17. The molecule has 0 unspecified atom stereocenters. The number of rotatable bonds is 3. The van der Waals surface area contributed by atoms with Crippen molar-refractivity contribution in [1.82, 2.24) is 0 Å². The Hall–Kier alpha value is -2.06. The summed E-state index contributed by atoms with van der Waals surface area (Å²) in [7, 11) is 1.45. The second-order valence-electron chi connectivity index (χ2n) is 7.09. The normalized spacial score (nSPS) is 11.5. The first-order valence-corrected chi connectivity index (χ1v) is 12.1. The van der Waals surface area contributed by atoms with Crippen LogP contribution < -0.4 is 4.57 Å². The Bertz CT molecular complexity index is 861. The molecule has 1 aromatic heterocycles. The molecular weight excluding hydrogens is 334 g/mol. The van der Waals surface area contributed by atoms with Gasteiger partial charge in [0.15, 0.2) is 6.20 Å². The third-order valence-electron chi connectivity index (χ3n) is 4.43. The quantitative estimate of drug-likeness (QED) is 0.484. The Balaban J connectivity index is 0.00000117. The highest BCUT2D eigenvalue weighted by Crippen LogP contribution is 2.44. The van der Waals surface area contributed by atoms with Gasteiger partial charge in [-0.1, -0.05) is 56.3 Å². The molecule has 0 aliphatic rings. The van der Waals surface area contributed by atoms with Crippen molar-refractivity contribution < 1.29 is 4.57 Å². The maximum atomic E-state index is 2.34. The summed E-state index contributed by atoms with van der Waals surface area (Å²) in [5, 5.41) is 0. The van der Waals surface area contributed by atoms with Crippen molar-refractivity contribution in [3.8, 4) is 22.4 Å². The van der Waals surface area contributed by atoms with Crippen molar-refractivity contribution >= 4 is 10.0 Å². The van der Waals surface area contributed by atoms with Crippen molar-refractivity contribution in [2.24, 2.45) is 7.05 Å². The maximum Gasteiger partial charge on any atom is 0.212 e. The lowest BCUT2D eigenvalue weighted by molar-refractivity contribution is -0.662. The molecule has 1 nitrogen and oxygen atoms in total. The zero-order chi connectivity index (χ0) is 19.3. The average Bonchev–Trinajstić information content (AvgIpc) is 2.64. The molecule has 2 heteroatoms. The van der Waals surface area contributed by atoms with Crippen LogP contribution in [-0.4, -0.2) is 18.8 Å². The van der Waals surface area contributed by atoms with Crippen molar-refractivity contribution in [1.29, 1.82) is 0 Å². The van der Waals surface area contributed by atoms with Crippen LogP contribution >= 0.6 is 10.0 Å². The van der Waals surface area contributed by atoms with Gasteiger partial charge < -0.3 is 0 Å². The molecule has 2 aromatic carbocycles. The van der Waals surface area contributed by atoms with E-state index in [1.807, 2.05) is 13.8 Å². The van der Waals surface area contributed by atoms with E-state index in [0.29, 0.717) is 0 Å². The first-order valence-electron chi connectivity index (χ1n) is 9.21. The number of aryl methyl sites for hydroxylation is 2. The number of aromatic nitrogens is 1. The second kappa shape index (κ2) is 8.55. The summed E-state index contributed by atoms with van der Waals surface area (Å²) >= 11 is 0. The summed E-state index contributed by atoms with van der Waals surface area (Å²) in [6, 6.07) is 21.9. The highest BCUT2D eigenvalue weighted by molar-refractivity contribution is 8.32. The van der Waals surface area contributed by atoms with Gasteiger partial charge in [-0.05, 0) is 54.5 Å². The number of benzene rings is 2. The van der Waals surface area contributed by atoms with E-state index in [9.17, 15) is 0 Å². The Morgan fingerprint density at radius 2 is 1.42 bits per heavy atom. The molecule has 0 N–H and O–H groups in total. The molecule has 0 bridgehead atoms. The van der Waals surface area contributed by atoms with Gasteiger partial charge in [0, 0.05) is 11.6 Å². The van der Waals surface area contributed by atoms with Crippen LogP contribution in [0.4, 0.5) is 0 Å². The molecule has 0 fully saturated rings. The Morgan fingerprint density at radius 1 is 0.769 bits per heavy atom. The summed E-state index contributed by atoms with van der Waals surface area (Å²) < 4.78 is 2.27. The summed E-state index contributed by atoms with van der Waals surface area (Å²) in [6.45, 7) is 6.19. The number of hydrogen-bond acceptors (Lipinski definition) is 0. The molecule has 0 radical (unpaired) electrons. The number of nitrogens with zero attached hydrogens (tertiary/aromatic N) is 1. The van der Waals surface area contributed by atoms with E-state index in [1.54, 1.807) is 0 Å². The molecular formula is C24H32NS+. The van der Waals surface area contributed by atoms with E-state index in [4.69, 9.17) is 0 Å². The lowest BCUT2D eigenvalue weighted by atomic mass is 9.97. The van der Waals surface area contributed by atoms with Crippen molar-refractivity contribution in [3.05, 3.63) is 72.4 Å². The van der Waals surface area contributed by atoms with Crippen LogP contribution in [0.15, 0.2) is 71.8 Å². The lowest BCUT2D eigenvalue weighted by Crippen LogP contribution is -2.31. The fourth-order valence-electron chi connectivity index (χ4n) is 2.93. The monoisotopic (exact) mass is 366 g/mol. The van der Waals surface area contributed by atoms with Crippen molar-refractivity contribution in [2.75, 3.05) is 18.8 Å². The van der Waals surface area contributed by atoms with E-state index >= 15 is 0 Å². The minimum atomic E-state index is -0.706. The minimum Gasteiger partial charge on any atom is -0.218 e. The van der Waals surface area contributed by atoms with Gasteiger partial charge in [-0.15, -0.1) is 0 Å². The molecule has 0 saturated heterocycles. The highest BCUT2D eigenvalue weighted by atomic mass is 32.3. The van der Waals surface area contributed by atoms with Gasteiger partial charge in [0.05, 0.1) is 4.90 Å². The molecule has 1 heterocycles. The zero-order valence-electron chi connectivity index (χ0n) is 17.2. The van der Waals surface area contributed by atoms with Crippen molar-refractivity contribution in [2.45, 2.75) is 25.7 Å². The molecule has 26 heavy (non-hydrogen) atoms. The summed E-state index contributed by atoms with van der Waals surface area (Å²) in [5.74, 6) is 0. The van der Waals surface area contributed by atoms with Gasteiger partial charge in [0.25, 0.3) is 0 Å². The lowest BCUT2D eigenvalue weighted by Gasteiger charge is -2.24. The molecule has 0 atom stereocenters. The Kier molecular flexibility index (Phi) is 6.66. The fourth-order valence-corrected chi connectivity index (χ4v) is 3.88. The van der Waals surface area contributed by atoms with Crippen LogP contribution in [0.1, 0.15) is 19.4 Å². The van der Waals surface area contributed by atoms with E-state index in [-0.39, 0.29) is 0 Å². The fraction of sp³-hybridized carbons (Fsp3) is 0.292.